The van der Waals surface area contributed by atoms with Crippen LogP contribution in [0.1, 0.15) is 10.5 Å². The van der Waals surface area contributed by atoms with Gasteiger partial charge >= 0.3 is 12.1 Å². The molecule has 12 heteroatoms. The van der Waals surface area contributed by atoms with Gasteiger partial charge in [0.25, 0.3) is 5.91 Å². The molecule has 4 heterocycles. The lowest BCUT2D eigenvalue weighted by Crippen LogP contribution is -2.46. The van der Waals surface area contributed by atoms with E-state index in [1.54, 1.807) is 16.9 Å². The maximum Gasteiger partial charge on any atom is 0.490 e. The molecule has 9 nitrogen and oxygen atoms in total. The number of H-pyrrole nitrogens is 1. The Bertz CT molecular complexity index is 1360. The number of amides is 1. The van der Waals surface area contributed by atoms with Crippen LogP contribution >= 0.6 is 0 Å². The highest BCUT2D eigenvalue weighted by atomic mass is 19.4. The van der Waals surface area contributed by atoms with Gasteiger partial charge in [-0.3, -0.25) is 14.5 Å². The zero-order valence-electron chi connectivity index (χ0n) is 17.4. The Labute approximate surface area is 189 Å². The summed E-state index contributed by atoms with van der Waals surface area (Å²) in [5.41, 5.74) is 5.06. The van der Waals surface area contributed by atoms with Gasteiger partial charge in [0.2, 0.25) is 0 Å². The van der Waals surface area contributed by atoms with Gasteiger partial charge in [-0.25, -0.2) is 4.79 Å². The molecular weight excluding hydrogens is 455 g/mol. The minimum atomic E-state index is -5.08. The van der Waals surface area contributed by atoms with E-state index in [1.165, 1.54) is 0 Å². The number of halogens is 3. The molecule has 1 atom stereocenters. The van der Waals surface area contributed by atoms with E-state index in [0.29, 0.717) is 17.9 Å². The van der Waals surface area contributed by atoms with Gasteiger partial charge in [-0.2, -0.15) is 18.3 Å². The molecule has 1 aromatic carbocycles. The fourth-order valence-corrected chi connectivity index (χ4v) is 3.46. The predicted molar refractivity (Wildman–Crippen MR) is 115 cm³/mol. The van der Waals surface area contributed by atoms with Gasteiger partial charge in [-0.1, -0.05) is 6.07 Å². The number of carboxylic acid groups (broad SMARTS) is 1. The topological polar surface area (TPSA) is 133 Å². The highest BCUT2D eigenvalue weighted by Gasteiger charge is 2.38. The Kier molecular flexibility index (Phi) is 6.07. The first kappa shape index (κ1) is 23.0. The number of hydrogen-bond acceptors (Lipinski definition) is 5. The van der Waals surface area contributed by atoms with Crippen LogP contribution in [0.2, 0.25) is 0 Å². The molecule has 0 spiro atoms. The Morgan fingerprint density at radius 3 is 2.56 bits per heavy atom. The van der Waals surface area contributed by atoms with Gasteiger partial charge in [0, 0.05) is 34.4 Å². The summed E-state index contributed by atoms with van der Waals surface area (Å²) >= 11 is 0. The first-order chi connectivity index (χ1) is 16.2. The molecule has 0 aliphatic carbocycles. The number of nitrogens with one attached hydrogen (secondary N) is 2. The van der Waals surface area contributed by atoms with E-state index in [0.717, 1.165) is 27.7 Å². The van der Waals surface area contributed by atoms with Crippen LogP contribution in [0.5, 0.6) is 0 Å². The lowest BCUT2D eigenvalue weighted by Gasteiger charge is -2.22. The number of pyridine rings is 1. The maximum atomic E-state index is 12.2. The third kappa shape index (κ3) is 4.76. The highest BCUT2D eigenvalue weighted by molar-refractivity contribution is 5.94. The molecule has 176 valence electrons. The van der Waals surface area contributed by atoms with Crippen molar-refractivity contribution in [1.82, 2.24) is 25.1 Å². The summed E-state index contributed by atoms with van der Waals surface area (Å²) in [4.78, 5) is 28.8. The van der Waals surface area contributed by atoms with E-state index < -0.39 is 12.1 Å². The number of aromatic nitrogens is 4. The molecule has 4 aromatic rings. The van der Waals surface area contributed by atoms with E-state index in [2.05, 4.69) is 26.4 Å². The number of aliphatic carboxylic acids is 1. The summed E-state index contributed by atoms with van der Waals surface area (Å²) in [5, 5.41) is 24.9. The maximum absolute atomic E-state index is 12.2. The molecule has 0 saturated carbocycles. The predicted octanol–water partition coefficient (Wildman–Crippen LogP) is 2.83. The number of nitrogens with zero attached hydrogens (tertiary/aromatic N) is 3. The van der Waals surface area contributed by atoms with Crippen LogP contribution in [0.3, 0.4) is 0 Å². The van der Waals surface area contributed by atoms with Gasteiger partial charge in [0.05, 0.1) is 30.6 Å². The number of carbonyl (C=O) groups excluding carboxylic acids is 1. The number of rotatable bonds is 3. The SMILES string of the molecule is O=C(O)C(F)(F)F.O=C1NC(CO)Cn2nc(-c3ccnc(-c4ccc5[nH]ccc5c4)c3)cc21. The molecular formula is C22H18F3N5O4. The minimum absolute atomic E-state index is 0.110. The average molecular weight is 473 g/mol. The van der Waals surface area contributed by atoms with Crippen molar-refractivity contribution in [3.63, 3.8) is 0 Å². The Morgan fingerprint density at radius 2 is 1.85 bits per heavy atom. The zero-order chi connectivity index (χ0) is 24.5. The second kappa shape index (κ2) is 8.98. The first-order valence-electron chi connectivity index (χ1n) is 9.99. The fourth-order valence-electron chi connectivity index (χ4n) is 3.46. The van der Waals surface area contributed by atoms with Crippen molar-refractivity contribution >= 4 is 22.8 Å². The van der Waals surface area contributed by atoms with Crippen LogP contribution in [-0.4, -0.2) is 60.7 Å². The molecule has 1 aliphatic heterocycles. The molecule has 0 radical (unpaired) electrons. The molecule has 0 bridgehead atoms. The van der Waals surface area contributed by atoms with Crippen molar-refractivity contribution in [2.45, 2.75) is 18.8 Å². The summed E-state index contributed by atoms with van der Waals surface area (Å²) in [6, 6.07) is 13.5. The number of alkyl halides is 3. The average Bonchev–Trinajstić information content (AvgIpc) is 3.45. The number of fused-ring (bicyclic) bond motifs is 2. The summed E-state index contributed by atoms with van der Waals surface area (Å²) in [6.45, 7) is 0.348. The zero-order valence-corrected chi connectivity index (χ0v) is 17.4. The summed E-state index contributed by atoms with van der Waals surface area (Å²) in [6.07, 6.45) is -1.42. The number of carbonyl (C=O) groups is 2. The Morgan fingerprint density at radius 1 is 1.12 bits per heavy atom. The Balaban J connectivity index is 0.000000344. The standard InChI is InChI=1S/C20H17N5O2.C2HF3O2/c26-11-15-10-25-19(20(27)23-15)9-18(24-25)14-4-6-22-17(8-14)12-1-2-16-13(7-12)3-5-21-16;3-2(4,5)1(6)7/h1-9,15,21,26H,10-11H2,(H,23,27);(H,6,7). The molecule has 3 aromatic heterocycles. The lowest BCUT2D eigenvalue weighted by atomic mass is 10.1. The van der Waals surface area contributed by atoms with E-state index in [1.807, 2.05) is 36.5 Å². The summed E-state index contributed by atoms with van der Waals surface area (Å²) < 4.78 is 33.4. The third-order valence-electron chi connectivity index (χ3n) is 5.11. The molecule has 34 heavy (non-hydrogen) atoms. The van der Waals surface area contributed by atoms with Crippen LogP contribution < -0.4 is 5.32 Å². The van der Waals surface area contributed by atoms with Crippen LogP contribution in [0.15, 0.2) is 54.9 Å². The second-order valence-corrected chi connectivity index (χ2v) is 7.46. The molecule has 1 aliphatic rings. The van der Waals surface area contributed by atoms with Crippen molar-refractivity contribution in [2.24, 2.45) is 0 Å². The highest BCUT2D eigenvalue weighted by Crippen LogP contribution is 2.27. The Hall–Kier alpha value is -4.19. The smallest absolute Gasteiger partial charge is 0.475 e. The van der Waals surface area contributed by atoms with E-state index in [-0.39, 0.29) is 18.6 Å². The third-order valence-corrected chi connectivity index (χ3v) is 5.11. The van der Waals surface area contributed by atoms with E-state index >= 15 is 0 Å². The number of hydrogen-bond donors (Lipinski definition) is 4. The molecule has 1 amide bonds. The van der Waals surface area contributed by atoms with Crippen molar-refractivity contribution in [1.29, 1.82) is 0 Å². The second-order valence-electron chi connectivity index (χ2n) is 7.46. The van der Waals surface area contributed by atoms with Crippen molar-refractivity contribution in [3.05, 3.63) is 60.6 Å². The van der Waals surface area contributed by atoms with Gasteiger partial charge < -0.3 is 20.5 Å². The van der Waals surface area contributed by atoms with E-state index in [4.69, 9.17) is 9.90 Å². The van der Waals surface area contributed by atoms with Crippen molar-refractivity contribution in [2.75, 3.05) is 6.61 Å². The van der Waals surface area contributed by atoms with Crippen LogP contribution in [0.4, 0.5) is 13.2 Å². The fraction of sp³-hybridized carbons (Fsp3) is 0.182. The molecule has 1 unspecified atom stereocenters. The van der Waals surface area contributed by atoms with Gasteiger partial charge in [-0.05, 0) is 36.4 Å². The minimum Gasteiger partial charge on any atom is -0.475 e. The van der Waals surface area contributed by atoms with Crippen LogP contribution in [0, 0.1) is 0 Å². The largest absolute Gasteiger partial charge is 0.490 e. The molecule has 0 saturated heterocycles. The summed E-state index contributed by atoms with van der Waals surface area (Å²) in [5.74, 6) is -2.97. The number of benzene rings is 1. The monoisotopic (exact) mass is 473 g/mol. The van der Waals surface area contributed by atoms with Crippen molar-refractivity contribution < 1.29 is 33.0 Å². The van der Waals surface area contributed by atoms with Crippen LogP contribution in [-0.2, 0) is 11.3 Å². The summed E-state index contributed by atoms with van der Waals surface area (Å²) in [7, 11) is 0. The molecule has 5 rings (SSSR count). The van der Waals surface area contributed by atoms with Gasteiger partial charge in [0.15, 0.2) is 0 Å². The molecule has 0 fully saturated rings. The lowest BCUT2D eigenvalue weighted by molar-refractivity contribution is -0.192. The van der Waals surface area contributed by atoms with Gasteiger partial charge in [0.1, 0.15) is 5.69 Å². The van der Waals surface area contributed by atoms with Crippen LogP contribution in [0.25, 0.3) is 33.4 Å². The normalized spacial score (nSPS) is 15.3. The number of aliphatic hydroxyl groups excluding tert-OH is 1. The number of aliphatic hydroxyl groups is 1. The van der Waals surface area contributed by atoms with Crippen molar-refractivity contribution in [3.8, 4) is 22.5 Å². The van der Waals surface area contributed by atoms with Gasteiger partial charge in [-0.15, -0.1) is 0 Å². The van der Waals surface area contributed by atoms with E-state index in [9.17, 15) is 23.1 Å². The quantitative estimate of drug-likeness (QED) is 0.362. The number of aromatic amines is 1. The molecule has 4 N–H and O–H groups in total. The first-order valence-corrected chi connectivity index (χ1v) is 9.99. The number of carboxylic acids is 1.